The van der Waals surface area contributed by atoms with Crippen molar-refractivity contribution in [2.45, 2.75) is 26.9 Å². The van der Waals surface area contributed by atoms with Crippen LogP contribution in [0, 0.1) is 0 Å². The highest BCUT2D eigenvalue weighted by molar-refractivity contribution is 9.10. The van der Waals surface area contributed by atoms with Gasteiger partial charge in [0, 0.05) is 10.0 Å². The summed E-state index contributed by atoms with van der Waals surface area (Å²) in [6.45, 7) is 4.54. The molecule has 0 atom stereocenters. The van der Waals surface area contributed by atoms with E-state index in [0.29, 0.717) is 27.5 Å². The standard InChI is InChI=1S/C19H20BrNO7S/c1-4-26-17(23)10-27-14-6-5-13(20)7-12(14)8-15-18(24)21(19(25)29-15)9-16(22)28-11(2)3/h5-8,11H,4,9-10H2,1-3H3/b15-8-. The normalized spacial score (nSPS) is 15.2. The van der Waals surface area contributed by atoms with E-state index in [1.165, 1.54) is 6.08 Å². The van der Waals surface area contributed by atoms with Gasteiger partial charge in [-0.1, -0.05) is 15.9 Å². The molecule has 1 saturated heterocycles. The Bertz CT molecular complexity index is 853. The van der Waals surface area contributed by atoms with Gasteiger partial charge in [0.05, 0.1) is 17.6 Å². The van der Waals surface area contributed by atoms with Crippen LogP contribution in [0.25, 0.3) is 6.08 Å². The van der Waals surface area contributed by atoms with E-state index >= 15 is 0 Å². The summed E-state index contributed by atoms with van der Waals surface area (Å²) in [5, 5.41) is -0.564. The predicted molar refractivity (Wildman–Crippen MR) is 110 cm³/mol. The van der Waals surface area contributed by atoms with Crippen molar-refractivity contribution in [1.29, 1.82) is 0 Å². The van der Waals surface area contributed by atoms with Crippen molar-refractivity contribution < 1.29 is 33.4 Å². The number of imide groups is 1. The first kappa shape index (κ1) is 23.0. The summed E-state index contributed by atoms with van der Waals surface area (Å²) in [7, 11) is 0. The molecule has 1 heterocycles. The number of nitrogens with zero attached hydrogens (tertiary/aromatic N) is 1. The van der Waals surface area contributed by atoms with Gasteiger partial charge in [-0.2, -0.15) is 0 Å². The number of amides is 2. The first-order valence-corrected chi connectivity index (χ1v) is 10.3. The maximum Gasteiger partial charge on any atom is 0.344 e. The van der Waals surface area contributed by atoms with Gasteiger partial charge in [0.1, 0.15) is 12.3 Å². The Morgan fingerprint density at radius 1 is 1.24 bits per heavy atom. The fourth-order valence-corrected chi connectivity index (χ4v) is 3.52. The Balaban J connectivity index is 2.19. The number of hydrogen-bond donors (Lipinski definition) is 0. The zero-order valence-electron chi connectivity index (χ0n) is 16.1. The molecule has 0 bridgehead atoms. The minimum atomic E-state index is -0.663. The molecule has 0 saturated carbocycles. The Labute approximate surface area is 180 Å². The Kier molecular flexibility index (Phi) is 8.27. The van der Waals surface area contributed by atoms with Crippen LogP contribution in [0.3, 0.4) is 0 Å². The predicted octanol–water partition coefficient (Wildman–Crippen LogP) is 3.38. The van der Waals surface area contributed by atoms with E-state index in [2.05, 4.69) is 15.9 Å². The van der Waals surface area contributed by atoms with Crippen LogP contribution in [0.1, 0.15) is 26.3 Å². The molecule has 2 amide bonds. The monoisotopic (exact) mass is 485 g/mol. The van der Waals surface area contributed by atoms with Crippen molar-refractivity contribution >= 4 is 56.9 Å². The minimum Gasteiger partial charge on any atom is -0.481 e. The second kappa shape index (κ2) is 10.4. The molecule has 1 aliphatic heterocycles. The molecular weight excluding hydrogens is 466 g/mol. The zero-order valence-corrected chi connectivity index (χ0v) is 18.5. The lowest BCUT2D eigenvalue weighted by molar-refractivity contribution is -0.149. The smallest absolute Gasteiger partial charge is 0.344 e. The van der Waals surface area contributed by atoms with Crippen molar-refractivity contribution in [2.24, 2.45) is 0 Å². The van der Waals surface area contributed by atoms with Crippen LogP contribution in [0.5, 0.6) is 5.75 Å². The fourth-order valence-electron chi connectivity index (χ4n) is 2.31. The lowest BCUT2D eigenvalue weighted by atomic mass is 10.2. The van der Waals surface area contributed by atoms with Crippen LogP contribution >= 0.6 is 27.7 Å². The lowest BCUT2D eigenvalue weighted by Crippen LogP contribution is -2.35. The van der Waals surface area contributed by atoms with E-state index in [4.69, 9.17) is 14.2 Å². The van der Waals surface area contributed by atoms with Crippen molar-refractivity contribution in [3.63, 3.8) is 0 Å². The van der Waals surface area contributed by atoms with Gasteiger partial charge in [-0.25, -0.2) is 4.79 Å². The third-order valence-electron chi connectivity index (χ3n) is 3.44. The van der Waals surface area contributed by atoms with E-state index in [-0.39, 0.29) is 24.2 Å². The van der Waals surface area contributed by atoms with E-state index in [1.807, 2.05) is 0 Å². The van der Waals surface area contributed by atoms with Gasteiger partial charge in [0.2, 0.25) is 0 Å². The molecule has 1 fully saturated rings. The highest BCUT2D eigenvalue weighted by Gasteiger charge is 2.37. The molecule has 0 aliphatic carbocycles. The Hall–Kier alpha value is -2.33. The van der Waals surface area contributed by atoms with Crippen molar-refractivity contribution in [2.75, 3.05) is 19.8 Å². The molecule has 2 rings (SSSR count). The van der Waals surface area contributed by atoms with Gasteiger partial charge in [-0.15, -0.1) is 0 Å². The van der Waals surface area contributed by atoms with Crippen LogP contribution in [-0.2, 0) is 23.9 Å². The van der Waals surface area contributed by atoms with Crippen LogP contribution < -0.4 is 4.74 Å². The average Bonchev–Trinajstić information content (AvgIpc) is 2.88. The summed E-state index contributed by atoms with van der Waals surface area (Å²) < 4.78 is 16.0. The first-order chi connectivity index (χ1) is 13.7. The van der Waals surface area contributed by atoms with Crippen molar-refractivity contribution in [3.8, 4) is 5.75 Å². The second-order valence-electron chi connectivity index (χ2n) is 6.08. The summed E-state index contributed by atoms with van der Waals surface area (Å²) >= 11 is 4.05. The number of carbonyl (C=O) groups is 4. The third-order valence-corrected chi connectivity index (χ3v) is 4.84. The van der Waals surface area contributed by atoms with Crippen LogP contribution in [-0.4, -0.2) is 53.8 Å². The molecule has 1 aromatic carbocycles. The molecule has 0 radical (unpaired) electrons. The summed E-state index contributed by atoms with van der Waals surface area (Å²) in [5.74, 6) is -1.45. The molecular formula is C19H20BrNO7S. The molecule has 8 nitrogen and oxygen atoms in total. The highest BCUT2D eigenvalue weighted by atomic mass is 79.9. The number of rotatable bonds is 8. The third kappa shape index (κ3) is 6.60. The summed E-state index contributed by atoms with van der Waals surface area (Å²) in [6.07, 6.45) is 1.13. The maximum atomic E-state index is 12.6. The van der Waals surface area contributed by atoms with Crippen LogP contribution in [0.15, 0.2) is 27.6 Å². The summed E-state index contributed by atoms with van der Waals surface area (Å²) in [5.41, 5.74) is 0.485. The number of thioether (sulfide) groups is 1. The second-order valence-corrected chi connectivity index (χ2v) is 7.99. The average molecular weight is 486 g/mol. The maximum absolute atomic E-state index is 12.6. The van der Waals surface area contributed by atoms with Crippen molar-refractivity contribution in [3.05, 3.63) is 33.1 Å². The number of halogens is 1. The van der Waals surface area contributed by atoms with E-state index in [9.17, 15) is 19.2 Å². The number of ether oxygens (including phenoxy) is 3. The van der Waals surface area contributed by atoms with Gasteiger partial charge in [0.25, 0.3) is 11.1 Å². The molecule has 156 valence electrons. The Morgan fingerprint density at radius 3 is 2.62 bits per heavy atom. The molecule has 10 heteroatoms. The highest BCUT2D eigenvalue weighted by Crippen LogP contribution is 2.34. The number of esters is 2. The topological polar surface area (TPSA) is 99.2 Å². The van der Waals surface area contributed by atoms with Gasteiger partial charge < -0.3 is 14.2 Å². The van der Waals surface area contributed by atoms with Crippen LogP contribution in [0.4, 0.5) is 4.79 Å². The minimum absolute atomic E-state index is 0.131. The SMILES string of the molecule is CCOC(=O)COc1ccc(Br)cc1/C=C1\SC(=O)N(CC(=O)OC(C)C)C1=O. The van der Waals surface area contributed by atoms with Crippen molar-refractivity contribution in [1.82, 2.24) is 4.90 Å². The summed E-state index contributed by atoms with van der Waals surface area (Å²) in [4.78, 5) is 49.0. The Morgan fingerprint density at radius 2 is 1.97 bits per heavy atom. The summed E-state index contributed by atoms with van der Waals surface area (Å²) in [6, 6.07) is 5.02. The van der Waals surface area contributed by atoms with Gasteiger partial charge in [0.15, 0.2) is 6.61 Å². The lowest BCUT2D eigenvalue weighted by Gasteiger charge is -2.13. The molecule has 0 spiro atoms. The molecule has 0 unspecified atom stereocenters. The molecule has 29 heavy (non-hydrogen) atoms. The number of carbonyl (C=O) groups excluding carboxylic acids is 4. The number of benzene rings is 1. The van der Waals surface area contributed by atoms with E-state index in [0.717, 1.165) is 4.90 Å². The van der Waals surface area contributed by atoms with E-state index < -0.39 is 29.6 Å². The number of hydrogen-bond acceptors (Lipinski definition) is 8. The first-order valence-electron chi connectivity index (χ1n) is 8.74. The molecule has 0 N–H and O–H groups in total. The van der Waals surface area contributed by atoms with Gasteiger partial charge in [-0.3, -0.25) is 19.3 Å². The zero-order chi connectivity index (χ0) is 21.6. The molecule has 1 aliphatic rings. The quantitative estimate of drug-likeness (QED) is 0.408. The largest absolute Gasteiger partial charge is 0.481 e. The van der Waals surface area contributed by atoms with Crippen LogP contribution in [0.2, 0.25) is 0 Å². The van der Waals surface area contributed by atoms with Gasteiger partial charge in [-0.05, 0) is 56.8 Å². The fraction of sp³-hybridized carbons (Fsp3) is 0.368. The van der Waals surface area contributed by atoms with E-state index in [1.54, 1.807) is 39.0 Å². The van der Waals surface area contributed by atoms with Gasteiger partial charge >= 0.3 is 11.9 Å². The molecule has 1 aromatic rings. The molecule has 0 aromatic heterocycles.